The summed E-state index contributed by atoms with van der Waals surface area (Å²) < 4.78 is 16.5. The molecule has 1 heterocycles. The van der Waals surface area contributed by atoms with Crippen molar-refractivity contribution in [2.75, 3.05) is 6.61 Å². The van der Waals surface area contributed by atoms with Gasteiger partial charge < -0.3 is 14.0 Å². The quantitative estimate of drug-likeness (QED) is 0.569. The van der Waals surface area contributed by atoms with Gasteiger partial charge in [0.25, 0.3) is 5.89 Å². The number of hydrogen-bond donors (Lipinski definition) is 0. The summed E-state index contributed by atoms with van der Waals surface area (Å²) >= 11 is 0. The number of ether oxygens (including phenoxy) is 2. The summed E-state index contributed by atoms with van der Waals surface area (Å²) in [4.78, 5) is 15.3. The molecule has 0 N–H and O–H groups in total. The molecule has 26 heavy (non-hydrogen) atoms. The number of benzene rings is 2. The van der Waals surface area contributed by atoms with Crippen LogP contribution in [0, 0.1) is 0 Å². The molecule has 6 nitrogen and oxygen atoms in total. The van der Waals surface area contributed by atoms with Crippen LogP contribution in [0.25, 0.3) is 11.4 Å². The van der Waals surface area contributed by atoms with Gasteiger partial charge >= 0.3 is 0 Å². The lowest BCUT2D eigenvalue weighted by molar-refractivity contribution is 0.112. The fourth-order valence-electron chi connectivity index (χ4n) is 2.45. The summed E-state index contributed by atoms with van der Waals surface area (Å²) in [5.41, 5.74) is 2.67. The average molecular weight is 352 g/mol. The smallest absolute Gasteiger partial charge is 0.264 e. The van der Waals surface area contributed by atoms with Gasteiger partial charge in [0.2, 0.25) is 5.82 Å². The number of carbonyl (C=O) groups is 1. The maximum Gasteiger partial charge on any atom is 0.264 e. The number of aldehydes is 1. The third kappa shape index (κ3) is 4.08. The van der Waals surface area contributed by atoms with Crippen molar-refractivity contribution in [1.29, 1.82) is 0 Å². The van der Waals surface area contributed by atoms with E-state index in [1.165, 1.54) is 5.56 Å². The van der Waals surface area contributed by atoms with E-state index >= 15 is 0 Å². The van der Waals surface area contributed by atoms with Crippen LogP contribution in [0.1, 0.15) is 35.7 Å². The minimum absolute atomic E-state index is 0.112. The van der Waals surface area contributed by atoms with E-state index in [-0.39, 0.29) is 6.61 Å². The van der Waals surface area contributed by atoms with Crippen LogP contribution in [0.2, 0.25) is 0 Å². The molecule has 0 spiro atoms. The molecule has 0 fully saturated rings. The van der Waals surface area contributed by atoms with Gasteiger partial charge in [-0.25, -0.2) is 0 Å². The fraction of sp³-hybridized carbons (Fsp3) is 0.250. The molecule has 0 aliphatic heterocycles. The normalized spacial score (nSPS) is 10.5. The Morgan fingerprint density at radius 3 is 2.54 bits per heavy atom. The molecule has 0 bridgehead atoms. The first-order chi connectivity index (χ1) is 12.7. The molecule has 1 aromatic heterocycles. The lowest BCUT2D eigenvalue weighted by Crippen LogP contribution is -2.00. The molecule has 6 heteroatoms. The molecule has 2 aromatic carbocycles. The molecule has 0 aliphatic carbocycles. The Bertz CT molecular complexity index is 872. The predicted octanol–water partition coefficient (Wildman–Crippen LogP) is 4.09. The van der Waals surface area contributed by atoms with E-state index in [1.807, 2.05) is 31.2 Å². The Kier molecular flexibility index (Phi) is 5.63. The van der Waals surface area contributed by atoms with Crippen LogP contribution >= 0.6 is 0 Å². The van der Waals surface area contributed by atoms with Crippen molar-refractivity contribution < 1.29 is 18.8 Å². The van der Waals surface area contributed by atoms with Crippen LogP contribution < -0.4 is 9.47 Å². The number of aromatic nitrogens is 2. The zero-order valence-electron chi connectivity index (χ0n) is 14.8. The third-order valence-corrected chi connectivity index (χ3v) is 3.84. The van der Waals surface area contributed by atoms with Crippen LogP contribution in [-0.2, 0) is 13.0 Å². The highest BCUT2D eigenvalue weighted by Crippen LogP contribution is 2.29. The van der Waals surface area contributed by atoms with Gasteiger partial charge in [0.15, 0.2) is 18.1 Å². The third-order valence-electron chi connectivity index (χ3n) is 3.84. The van der Waals surface area contributed by atoms with Gasteiger partial charge in [-0.3, -0.25) is 4.79 Å². The second kappa shape index (κ2) is 8.29. The Morgan fingerprint density at radius 1 is 1.04 bits per heavy atom. The average Bonchev–Trinajstić information content (AvgIpc) is 3.16. The topological polar surface area (TPSA) is 74.5 Å². The van der Waals surface area contributed by atoms with Crippen molar-refractivity contribution in [3.05, 3.63) is 59.5 Å². The molecule has 134 valence electrons. The first-order valence-corrected chi connectivity index (χ1v) is 8.50. The van der Waals surface area contributed by atoms with E-state index in [2.05, 4.69) is 17.1 Å². The summed E-state index contributed by atoms with van der Waals surface area (Å²) in [6, 6.07) is 13.0. The SMILES string of the molecule is CCOc1cc(C=O)ccc1OCc1nc(-c2ccc(CC)cc2)no1. The zero-order chi connectivity index (χ0) is 18.4. The van der Waals surface area contributed by atoms with E-state index in [9.17, 15) is 4.79 Å². The Labute approximate surface area is 151 Å². The molecule has 0 aliphatic rings. The highest BCUT2D eigenvalue weighted by atomic mass is 16.5. The lowest BCUT2D eigenvalue weighted by atomic mass is 10.1. The van der Waals surface area contributed by atoms with Crippen LogP contribution in [0.4, 0.5) is 0 Å². The largest absolute Gasteiger partial charge is 0.490 e. The number of rotatable bonds is 8. The summed E-state index contributed by atoms with van der Waals surface area (Å²) in [6.07, 6.45) is 1.75. The maximum absolute atomic E-state index is 10.9. The van der Waals surface area contributed by atoms with Gasteiger partial charge in [-0.2, -0.15) is 4.98 Å². The Hall–Kier alpha value is -3.15. The summed E-state index contributed by atoms with van der Waals surface area (Å²) in [5, 5.41) is 4.00. The van der Waals surface area contributed by atoms with Gasteiger partial charge in [0.05, 0.1) is 6.61 Å². The number of hydrogen-bond acceptors (Lipinski definition) is 6. The molecule has 3 rings (SSSR count). The minimum Gasteiger partial charge on any atom is -0.490 e. The maximum atomic E-state index is 10.9. The molecule has 0 saturated heterocycles. The van der Waals surface area contributed by atoms with Crippen molar-refractivity contribution in [3.63, 3.8) is 0 Å². The van der Waals surface area contributed by atoms with E-state index in [0.717, 1.165) is 18.3 Å². The van der Waals surface area contributed by atoms with Gasteiger partial charge in [-0.1, -0.05) is 36.3 Å². The molecule has 0 radical (unpaired) electrons. The van der Waals surface area contributed by atoms with Gasteiger partial charge in [0.1, 0.15) is 6.29 Å². The van der Waals surface area contributed by atoms with E-state index < -0.39 is 0 Å². The summed E-state index contributed by atoms with van der Waals surface area (Å²) in [5.74, 6) is 1.91. The van der Waals surface area contributed by atoms with E-state index in [0.29, 0.717) is 35.4 Å². The molecule has 3 aromatic rings. The van der Waals surface area contributed by atoms with Crippen LogP contribution in [0.15, 0.2) is 47.0 Å². The molecule has 0 amide bonds. The molecule has 0 saturated carbocycles. The monoisotopic (exact) mass is 352 g/mol. The van der Waals surface area contributed by atoms with Crippen LogP contribution in [0.5, 0.6) is 11.5 Å². The molecular weight excluding hydrogens is 332 g/mol. The van der Waals surface area contributed by atoms with Gasteiger partial charge in [0, 0.05) is 11.1 Å². The highest BCUT2D eigenvalue weighted by Gasteiger charge is 2.12. The van der Waals surface area contributed by atoms with Crippen molar-refractivity contribution in [3.8, 4) is 22.9 Å². The van der Waals surface area contributed by atoms with Crippen LogP contribution in [-0.4, -0.2) is 23.0 Å². The first-order valence-electron chi connectivity index (χ1n) is 8.50. The van der Waals surface area contributed by atoms with Crippen molar-refractivity contribution in [1.82, 2.24) is 10.1 Å². The summed E-state index contributed by atoms with van der Waals surface area (Å²) in [7, 11) is 0. The second-order valence-electron chi connectivity index (χ2n) is 5.61. The van der Waals surface area contributed by atoms with Gasteiger partial charge in [-0.05, 0) is 37.1 Å². The summed E-state index contributed by atoms with van der Waals surface area (Å²) in [6.45, 7) is 4.56. The second-order valence-corrected chi connectivity index (χ2v) is 5.61. The highest BCUT2D eigenvalue weighted by molar-refractivity contribution is 5.76. The van der Waals surface area contributed by atoms with Gasteiger partial charge in [-0.15, -0.1) is 0 Å². The lowest BCUT2D eigenvalue weighted by Gasteiger charge is -2.10. The first kappa shape index (κ1) is 17.7. The predicted molar refractivity (Wildman–Crippen MR) is 96.4 cm³/mol. The Morgan fingerprint density at radius 2 is 1.85 bits per heavy atom. The van der Waals surface area contributed by atoms with E-state index in [4.69, 9.17) is 14.0 Å². The number of nitrogens with zero attached hydrogens (tertiary/aromatic N) is 2. The Balaban J connectivity index is 1.70. The van der Waals surface area contributed by atoms with Crippen LogP contribution in [0.3, 0.4) is 0 Å². The van der Waals surface area contributed by atoms with Crippen molar-refractivity contribution >= 4 is 6.29 Å². The zero-order valence-corrected chi connectivity index (χ0v) is 14.8. The van der Waals surface area contributed by atoms with Crippen molar-refractivity contribution in [2.45, 2.75) is 26.9 Å². The number of aryl methyl sites for hydroxylation is 1. The van der Waals surface area contributed by atoms with Crippen molar-refractivity contribution in [2.24, 2.45) is 0 Å². The fourth-order valence-corrected chi connectivity index (χ4v) is 2.45. The minimum atomic E-state index is 0.112. The standard InChI is InChI=1S/C20H20N2O4/c1-3-14-5-8-16(9-6-14)20-21-19(26-22-20)13-25-17-10-7-15(12-23)11-18(17)24-4-2/h5-12H,3-4,13H2,1-2H3. The number of carbonyl (C=O) groups excluding carboxylic acids is 1. The van der Waals surface area contributed by atoms with E-state index in [1.54, 1.807) is 18.2 Å². The molecule has 0 unspecified atom stereocenters. The molecular formula is C20H20N2O4. The molecule has 0 atom stereocenters.